The minimum absolute atomic E-state index is 0.293. The summed E-state index contributed by atoms with van der Waals surface area (Å²) in [5, 5.41) is 10.8. The number of hydrazone groups is 1. The third-order valence-electron chi connectivity index (χ3n) is 5.86. The van der Waals surface area contributed by atoms with Crippen molar-refractivity contribution in [3.8, 4) is 17.0 Å². The molecule has 1 amide bonds. The lowest BCUT2D eigenvalue weighted by atomic mass is 10.1. The van der Waals surface area contributed by atoms with Gasteiger partial charge in [0.2, 0.25) is 0 Å². The summed E-state index contributed by atoms with van der Waals surface area (Å²) in [6.45, 7) is 2.57. The van der Waals surface area contributed by atoms with Crippen LogP contribution in [-0.2, 0) is 6.61 Å². The number of anilines is 2. The zero-order valence-corrected chi connectivity index (χ0v) is 25.1. The molecule has 6 nitrogen and oxygen atoms in total. The Labute approximate surface area is 255 Å². The summed E-state index contributed by atoms with van der Waals surface area (Å²) >= 11 is 9.69. The van der Waals surface area contributed by atoms with Crippen molar-refractivity contribution in [3.63, 3.8) is 0 Å². The molecule has 0 atom stereocenters. The quantitative estimate of drug-likeness (QED) is 0.0932. The number of aryl methyl sites for hydroxylation is 1. The van der Waals surface area contributed by atoms with Crippen molar-refractivity contribution in [1.29, 1.82) is 0 Å². The molecule has 1 aromatic heterocycles. The molecule has 0 unspecified atom stereocenters. The van der Waals surface area contributed by atoms with Gasteiger partial charge in [0.15, 0.2) is 5.13 Å². The molecule has 40 heavy (non-hydrogen) atoms. The van der Waals surface area contributed by atoms with Crippen molar-refractivity contribution < 1.29 is 9.53 Å². The normalized spacial score (nSPS) is 11.0. The topological polar surface area (TPSA) is 75.6 Å². The highest BCUT2D eigenvalue weighted by Crippen LogP contribution is 2.28. The van der Waals surface area contributed by atoms with Gasteiger partial charge in [-0.15, -0.1) is 11.3 Å². The number of benzene rings is 4. The van der Waals surface area contributed by atoms with E-state index in [0.717, 1.165) is 42.5 Å². The molecule has 0 aliphatic heterocycles. The highest BCUT2D eigenvalue weighted by atomic mass is 127. The van der Waals surface area contributed by atoms with Crippen LogP contribution in [0, 0.1) is 10.5 Å². The molecule has 1 heterocycles. The van der Waals surface area contributed by atoms with Crippen molar-refractivity contribution >= 4 is 68.5 Å². The molecule has 5 rings (SSSR count). The number of ether oxygens (including phenoxy) is 1. The lowest BCUT2D eigenvalue weighted by Crippen LogP contribution is -2.17. The summed E-state index contributed by atoms with van der Waals surface area (Å²) in [5.41, 5.74) is 8.94. The summed E-state index contributed by atoms with van der Waals surface area (Å²) < 4.78 is 6.94. The van der Waals surface area contributed by atoms with E-state index >= 15 is 0 Å². The molecule has 0 radical (unpaired) electrons. The summed E-state index contributed by atoms with van der Waals surface area (Å²) in [6, 6.07) is 28.7. The molecule has 9 heteroatoms. The van der Waals surface area contributed by atoms with Crippen molar-refractivity contribution in [2.24, 2.45) is 5.10 Å². The van der Waals surface area contributed by atoms with Crippen LogP contribution in [-0.4, -0.2) is 17.1 Å². The molecular weight excluding hydrogens is 655 g/mol. The van der Waals surface area contributed by atoms with Gasteiger partial charge in [-0.3, -0.25) is 4.79 Å². The zero-order chi connectivity index (χ0) is 27.9. The van der Waals surface area contributed by atoms with Crippen molar-refractivity contribution in [1.82, 2.24) is 10.4 Å². The van der Waals surface area contributed by atoms with E-state index in [1.165, 1.54) is 16.9 Å². The number of thiazole rings is 1. The summed E-state index contributed by atoms with van der Waals surface area (Å²) in [5.74, 6) is 0.510. The average molecular weight is 679 g/mol. The Balaban J connectivity index is 1.14. The van der Waals surface area contributed by atoms with Gasteiger partial charge in [0.1, 0.15) is 12.4 Å². The van der Waals surface area contributed by atoms with E-state index < -0.39 is 0 Å². The van der Waals surface area contributed by atoms with E-state index in [1.54, 1.807) is 18.3 Å². The van der Waals surface area contributed by atoms with Crippen molar-refractivity contribution in [2.75, 3.05) is 5.32 Å². The van der Waals surface area contributed by atoms with Crippen LogP contribution in [0.5, 0.6) is 5.75 Å². The van der Waals surface area contributed by atoms with Gasteiger partial charge in [-0.05, 0) is 95.2 Å². The minimum atomic E-state index is -0.293. The Bertz CT molecular complexity index is 1650. The van der Waals surface area contributed by atoms with Crippen LogP contribution in [0.4, 0.5) is 10.8 Å². The molecule has 0 aliphatic carbocycles. The number of aromatic nitrogens is 1. The van der Waals surface area contributed by atoms with Crippen LogP contribution in [0.15, 0.2) is 101 Å². The number of hydrogen-bond acceptors (Lipinski definition) is 6. The SMILES string of the molecule is Cc1cccc(COc2ccc(/C=N\NC(=O)c3ccc(-c4csc(Nc5ccc(Cl)cc5)n4)cc3)cc2I)c1. The molecule has 0 spiro atoms. The van der Waals surface area contributed by atoms with Gasteiger partial charge in [0.05, 0.1) is 15.5 Å². The zero-order valence-electron chi connectivity index (χ0n) is 21.4. The lowest BCUT2D eigenvalue weighted by molar-refractivity contribution is 0.0955. The Morgan fingerprint density at radius 2 is 1.85 bits per heavy atom. The first kappa shape index (κ1) is 27.8. The maximum absolute atomic E-state index is 12.6. The molecule has 4 aromatic carbocycles. The number of nitrogens with zero attached hydrogens (tertiary/aromatic N) is 2. The van der Waals surface area contributed by atoms with Crippen LogP contribution in [0.2, 0.25) is 5.02 Å². The fourth-order valence-electron chi connectivity index (χ4n) is 3.82. The van der Waals surface area contributed by atoms with E-state index in [4.69, 9.17) is 16.3 Å². The molecule has 200 valence electrons. The lowest BCUT2D eigenvalue weighted by Gasteiger charge is -2.09. The van der Waals surface area contributed by atoms with Gasteiger partial charge < -0.3 is 10.1 Å². The fourth-order valence-corrected chi connectivity index (χ4v) is 5.38. The van der Waals surface area contributed by atoms with E-state index in [0.29, 0.717) is 17.2 Å². The van der Waals surface area contributed by atoms with Crippen LogP contribution < -0.4 is 15.5 Å². The summed E-state index contributed by atoms with van der Waals surface area (Å²) in [4.78, 5) is 17.2. The fraction of sp³-hybridized carbons (Fsp3) is 0.0645. The first-order valence-electron chi connectivity index (χ1n) is 12.3. The number of carbonyl (C=O) groups is 1. The Hall–Kier alpha value is -3.73. The number of hydrogen-bond donors (Lipinski definition) is 2. The van der Waals surface area contributed by atoms with Crippen molar-refractivity contribution in [2.45, 2.75) is 13.5 Å². The number of carbonyl (C=O) groups excluding carboxylic acids is 1. The molecule has 5 aromatic rings. The number of nitrogens with one attached hydrogen (secondary N) is 2. The van der Waals surface area contributed by atoms with Gasteiger partial charge in [-0.2, -0.15) is 5.10 Å². The van der Waals surface area contributed by atoms with Gasteiger partial charge in [-0.1, -0.05) is 53.6 Å². The standard InChI is InChI=1S/C31H24ClIN4O2S/c1-20-3-2-4-22(15-20)18-39-29-14-5-21(16-27(29)33)17-34-37-30(38)24-8-6-23(7-9-24)28-19-40-31(36-28)35-26-12-10-25(32)11-13-26/h2-17,19H,18H2,1H3,(H,35,36)(H,37,38)/b34-17-. The van der Waals surface area contributed by atoms with Gasteiger partial charge in [0.25, 0.3) is 5.91 Å². The molecule has 0 bridgehead atoms. The van der Waals surface area contributed by atoms with Crippen LogP contribution >= 0.6 is 45.5 Å². The van der Waals surface area contributed by atoms with E-state index in [9.17, 15) is 4.79 Å². The number of amides is 1. The van der Waals surface area contributed by atoms with Gasteiger partial charge >= 0.3 is 0 Å². The molecule has 0 saturated heterocycles. The maximum atomic E-state index is 12.6. The maximum Gasteiger partial charge on any atom is 0.271 e. The Morgan fingerprint density at radius 3 is 2.60 bits per heavy atom. The van der Waals surface area contributed by atoms with Gasteiger partial charge in [0, 0.05) is 27.2 Å². The van der Waals surface area contributed by atoms with Crippen LogP contribution in [0.3, 0.4) is 0 Å². The predicted molar refractivity (Wildman–Crippen MR) is 172 cm³/mol. The van der Waals surface area contributed by atoms with E-state index in [1.807, 2.05) is 72.1 Å². The molecule has 0 saturated carbocycles. The van der Waals surface area contributed by atoms with E-state index in [2.05, 4.69) is 62.5 Å². The largest absolute Gasteiger partial charge is 0.488 e. The summed E-state index contributed by atoms with van der Waals surface area (Å²) in [6.07, 6.45) is 1.61. The number of halogens is 2. The van der Waals surface area contributed by atoms with Crippen LogP contribution in [0.25, 0.3) is 11.3 Å². The second-order valence-electron chi connectivity index (χ2n) is 8.91. The monoisotopic (exact) mass is 678 g/mol. The Morgan fingerprint density at radius 1 is 1.05 bits per heavy atom. The minimum Gasteiger partial charge on any atom is -0.488 e. The van der Waals surface area contributed by atoms with Crippen molar-refractivity contribution in [3.05, 3.63) is 127 Å². The smallest absolute Gasteiger partial charge is 0.271 e. The third-order valence-corrected chi connectivity index (χ3v) is 7.71. The Kier molecular flexibility index (Phi) is 9.10. The van der Waals surface area contributed by atoms with Gasteiger partial charge in [-0.25, -0.2) is 10.4 Å². The molecule has 0 fully saturated rings. The highest BCUT2D eigenvalue weighted by Gasteiger charge is 2.09. The molecule has 2 N–H and O–H groups in total. The average Bonchev–Trinajstić information content (AvgIpc) is 3.42. The summed E-state index contributed by atoms with van der Waals surface area (Å²) in [7, 11) is 0. The third kappa shape index (κ3) is 7.47. The second-order valence-corrected chi connectivity index (χ2v) is 11.4. The number of rotatable bonds is 9. The van der Waals surface area contributed by atoms with E-state index in [-0.39, 0.29) is 5.91 Å². The molecular formula is C31H24ClIN4O2S. The second kappa shape index (κ2) is 13.1. The highest BCUT2D eigenvalue weighted by molar-refractivity contribution is 14.1. The molecule has 0 aliphatic rings. The van der Waals surface area contributed by atoms with Crippen LogP contribution in [0.1, 0.15) is 27.0 Å². The first-order valence-corrected chi connectivity index (χ1v) is 14.7. The first-order chi connectivity index (χ1) is 19.4. The predicted octanol–water partition coefficient (Wildman–Crippen LogP) is 8.46.